The average Bonchev–Trinajstić information content (AvgIpc) is 3.13. The largest absolute Gasteiger partial charge is 0.508 e. The minimum atomic E-state index is -0.549. The van der Waals surface area contributed by atoms with Crippen LogP contribution in [0.15, 0.2) is 18.2 Å². The van der Waals surface area contributed by atoms with Crippen LogP contribution in [0.3, 0.4) is 0 Å². The van der Waals surface area contributed by atoms with Gasteiger partial charge < -0.3 is 24.4 Å². The van der Waals surface area contributed by atoms with Crippen molar-refractivity contribution in [2.75, 3.05) is 26.4 Å². The molecule has 2 aliphatic rings. The van der Waals surface area contributed by atoms with Gasteiger partial charge in [0.25, 0.3) is 0 Å². The summed E-state index contributed by atoms with van der Waals surface area (Å²) in [5, 5.41) is 19.0. The van der Waals surface area contributed by atoms with Gasteiger partial charge in [0.1, 0.15) is 23.2 Å². The van der Waals surface area contributed by atoms with Gasteiger partial charge in [0.2, 0.25) is 0 Å². The van der Waals surface area contributed by atoms with Crippen molar-refractivity contribution in [3.63, 3.8) is 0 Å². The number of epoxide rings is 2. The van der Waals surface area contributed by atoms with E-state index in [1.54, 1.807) is 6.07 Å². The van der Waals surface area contributed by atoms with Crippen molar-refractivity contribution < 1.29 is 24.4 Å². The van der Waals surface area contributed by atoms with Gasteiger partial charge in [-0.25, -0.2) is 0 Å². The first-order valence-electron chi connectivity index (χ1n) is 5.55. The van der Waals surface area contributed by atoms with Crippen molar-refractivity contribution in [2.45, 2.75) is 11.7 Å². The zero-order valence-electron chi connectivity index (χ0n) is 9.26. The Morgan fingerprint density at radius 2 is 2.18 bits per heavy atom. The van der Waals surface area contributed by atoms with E-state index in [0.717, 1.165) is 6.61 Å². The van der Waals surface area contributed by atoms with Crippen LogP contribution < -0.4 is 0 Å². The molecule has 2 N–H and O–H groups in total. The van der Waals surface area contributed by atoms with E-state index in [1.165, 1.54) is 12.1 Å². The quantitative estimate of drug-likeness (QED) is 0.740. The molecule has 5 nitrogen and oxygen atoms in total. The molecule has 0 saturated carbocycles. The number of phenols is 2. The Bertz CT molecular complexity index is 423. The summed E-state index contributed by atoms with van der Waals surface area (Å²) >= 11 is 0. The van der Waals surface area contributed by atoms with Crippen LogP contribution in [0.5, 0.6) is 11.5 Å². The SMILES string of the molecule is Oc1ccc(C2(COCC3CO3)CO2)c(O)c1. The first kappa shape index (κ1) is 10.8. The van der Waals surface area contributed by atoms with E-state index in [0.29, 0.717) is 25.4 Å². The summed E-state index contributed by atoms with van der Waals surface area (Å²) in [5.41, 5.74) is 0.110. The molecule has 2 saturated heterocycles. The smallest absolute Gasteiger partial charge is 0.143 e. The van der Waals surface area contributed by atoms with E-state index in [4.69, 9.17) is 14.2 Å². The Hall–Kier alpha value is -1.30. The summed E-state index contributed by atoms with van der Waals surface area (Å²) in [6, 6.07) is 4.50. The van der Waals surface area contributed by atoms with Crippen LogP contribution >= 0.6 is 0 Å². The molecule has 0 bridgehead atoms. The molecule has 0 spiro atoms. The van der Waals surface area contributed by atoms with Crippen LogP contribution in [0, 0.1) is 0 Å². The molecule has 0 radical (unpaired) electrons. The number of hydrogen-bond donors (Lipinski definition) is 2. The van der Waals surface area contributed by atoms with Gasteiger partial charge >= 0.3 is 0 Å². The van der Waals surface area contributed by atoms with E-state index >= 15 is 0 Å². The second-order valence-corrected chi connectivity index (χ2v) is 4.45. The molecule has 2 fully saturated rings. The van der Waals surface area contributed by atoms with Gasteiger partial charge in [0.15, 0.2) is 0 Å². The predicted octanol–water partition coefficient (Wildman–Crippen LogP) is 0.739. The third-order valence-electron chi connectivity index (χ3n) is 3.01. The van der Waals surface area contributed by atoms with Crippen LogP contribution in [-0.4, -0.2) is 42.7 Å². The van der Waals surface area contributed by atoms with Gasteiger partial charge in [-0.15, -0.1) is 0 Å². The molecule has 92 valence electrons. The first-order chi connectivity index (χ1) is 8.20. The molecular formula is C12H14O5. The summed E-state index contributed by atoms with van der Waals surface area (Å²) < 4.78 is 15.9. The highest BCUT2D eigenvalue weighted by atomic mass is 16.6. The van der Waals surface area contributed by atoms with Gasteiger partial charge in [0.05, 0.1) is 26.4 Å². The third kappa shape index (κ3) is 2.22. The maximum absolute atomic E-state index is 9.77. The van der Waals surface area contributed by atoms with Crippen molar-refractivity contribution in [3.8, 4) is 11.5 Å². The standard InChI is InChI=1S/C12H14O5/c13-8-1-2-10(11(14)3-8)12(7-17-12)6-15-4-9-5-16-9/h1-3,9,13-14H,4-7H2. The summed E-state index contributed by atoms with van der Waals surface area (Å²) in [4.78, 5) is 0. The molecule has 0 aliphatic carbocycles. The van der Waals surface area contributed by atoms with E-state index < -0.39 is 5.60 Å². The summed E-state index contributed by atoms with van der Waals surface area (Å²) in [6.07, 6.45) is 0.221. The highest BCUT2D eigenvalue weighted by Gasteiger charge is 2.49. The number of phenolic OH excluding ortho intramolecular Hbond substituents is 2. The number of rotatable bonds is 5. The Morgan fingerprint density at radius 3 is 2.76 bits per heavy atom. The van der Waals surface area contributed by atoms with Gasteiger partial charge in [-0.05, 0) is 12.1 Å². The Labute approximate surface area is 98.5 Å². The number of aromatic hydroxyl groups is 2. The van der Waals surface area contributed by atoms with Crippen molar-refractivity contribution in [1.29, 1.82) is 0 Å². The van der Waals surface area contributed by atoms with E-state index in [9.17, 15) is 10.2 Å². The number of ether oxygens (including phenoxy) is 3. The molecular weight excluding hydrogens is 224 g/mol. The van der Waals surface area contributed by atoms with E-state index in [1.807, 2.05) is 0 Å². The zero-order valence-corrected chi connectivity index (χ0v) is 9.26. The average molecular weight is 238 g/mol. The highest BCUT2D eigenvalue weighted by Crippen LogP contribution is 2.44. The monoisotopic (exact) mass is 238 g/mol. The van der Waals surface area contributed by atoms with Gasteiger partial charge in [-0.1, -0.05) is 0 Å². The lowest BCUT2D eigenvalue weighted by molar-refractivity contribution is 0.0662. The second-order valence-electron chi connectivity index (χ2n) is 4.45. The molecule has 5 heteroatoms. The Balaban J connectivity index is 1.68. The summed E-state index contributed by atoms with van der Waals surface area (Å²) in [6.45, 7) is 2.24. The first-order valence-corrected chi connectivity index (χ1v) is 5.55. The van der Waals surface area contributed by atoms with Crippen LogP contribution in [0.4, 0.5) is 0 Å². The maximum Gasteiger partial charge on any atom is 0.143 e. The van der Waals surface area contributed by atoms with Crippen molar-refractivity contribution >= 4 is 0 Å². The van der Waals surface area contributed by atoms with Crippen LogP contribution in [0.25, 0.3) is 0 Å². The molecule has 0 amide bonds. The van der Waals surface area contributed by atoms with Crippen LogP contribution in [0.2, 0.25) is 0 Å². The van der Waals surface area contributed by atoms with Crippen LogP contribution in [-0.2, 0) is 19.8 Å². The van der Waals surface area contributed by atoms with Crippen molar-refractivity contribution in [3.05, 3.63) is 23.8 Å². The maximum atomic E-state index is 9.77. The highest BCUT2D eigenvalue weighted by molar-refractivity contribution is 5.44. The van der Waals surface area contributed by atoms with Gasteiger partial charge in [-0.3, -0.25) is 0 Å². The lowest BCUT2D eigenvalue weighted by atomic mass is 9.99. The minimum Gasteiger partial charge on any atom is -0.508 e. The minimum absolute atomic E-state index is 0.0359. The molecule has 2 aliphatic heterocycles. The van der Waals surface area contributed by atoms with E-state index in [2.05, 4.69) is 0 Å². The fourth-order valence-corrected chi connectivity index (χ4v) is 1.83. The second kappa shape index (κ2) is 3.87. The molecule has 0 aromatic heterocycles. The third-order valence-corrected chi connectivity index (χ3v) is 3.01. The number of benzene rings is 1. The number of hydrogen-bond acceptors (Lipinski definition) is 5. The van der Waals surface area contributed by atoms with E-state index in [-0.39, 0.29) is 17.6 Å². The van der Waals surface area contributed by atoms with Gasteiger partial charge in [0, 0.05) is 11.6 Å². The van der Waals surface area contributed by atoms with Crippen molar-refractivity contribution in [1.82, 2.24) is 0 Å². The molecule has 17 heavy (non-hydrogen) atoms. The normalized spacial score (nSPS) is 30.2. The topological polar surface area (TPSA) is 74.8 Å². The Kier molecular flexibility index (Phi) is 2.47. The molecule has 1 aromatic rings. The summed E-state index contributed by atoms with van der Waals surface area (Å²) in [5.74, 6) is 0.0723. The summed E-state index contributed by atoms with van der Waals surface area (Å²) in [7, 11) is 0. The molecule has 2 unspecified atom stereocenters. The zero-order chi connectivity index (χ0) is 11.9. The molecule has 2 heterocycles. The van der Waals surface area contributed by atoms with Gasteiger partial charge in [-0.2, -0.15) is 0 Å². The van der Waals surface area contributed by atoms with Crippen molar-refractivity contribution in [2.24, 2.45) is 0 Å². The molecule has 2 atom stereocenters. The fraction of sp³-hybridized carbons (Fsp3) is 0.500. The Morgan fingerprint density at radius 1 is 1.41 bits per heavy atom. The lowest BCUT2D eigenvalue weighted by Crippen LogP contribution is -2.19. The molecule has 1 aromatic carbocycles. The predicted molar refractivity (Wildman–Crippen MR) is 58.0 cm³/mol. The lowest BCUT2D eigenvalue weighted by Gasteiger charge is -2.14. The van der Waals surface area contributed by atoms with Crippen LogP contribution in [0.1, 0.15) is 5.56 Å². The fourth-order valence-electron chi connectivity index (χ4n) is 1.83. The molecule has 3 rings (SSSR count).